The molecule has 20 heavy (non-hydrogen) atoms. The van der Waals surface area contributed by atoms with Gasteiger partial charge in [0, 0.05) is 31.7 Å². The maximum atomic E-state index is 12.4. The Morgan fingerprint density at radius 3 is 2.75 bits per heavy atom. The molecule has 2 heterocycles. The highest BCUT2D eigenvalue weighted by Gasteiger charge is 2.28. The lowest BCUT2D eigenvalue weighted by atomic mass is 9.95. The van der Waals surface area contributed by atoms with E-state index in [0.29, 0.717) is 29.8 Å². The van der Waals surface area contributed by atoms with Gasteiger partial charge in [0.1, 0.15) is 4.60 Å². The van der Waals surface area contributed by atoms with Crippen molar-refractivity contribution in [1.29, 1.82) is 0 Å². The van der Waals surface area contributed by atoms with Gasteiger partial charge >= 0.3 is 0 Å². The molecule has 1 saturated heterocycles. The lowest BCUT2D eigenvalue weighted by Crippen LogP contribution is -2.43. The van der Waals surface area contributed by atoms with Gasteiger partial charge in [-0.15, -0.1) is 0 Å². The summed E-state index contributed by atoms with van der Waals surface area (Å²) < 4.78 is 0.566. The van der Waals surface area contributed by atoms with E-state index in [4.69, 9.17) is 0 Å². The highest BCUT2D eigenvalue weighted by atomic mass is 79.9. The lowest BCUT2D eigenvalue weighted by molar-refractivity contribution is -0.126. The number of hydrogen-bond donors (Lipinski definition) is 1. The molecule has 108 valence electrons. The standard InChI is InChI=1S/C14H18BrN3O2/c1-2-16-13(19)10-5-8-18(9-6-10)14(20)11-4-3-7-17-12(11)15/h3-4,7,10H,2,5-6,8-9H2,1H3,(H,16,19). The van der Waals surface area contributed by atoms with E-state index in [1.54, 1.807) is 23.2 Å². The number of carbonyl (C=O) groups excluding carboxylic acids is 2. The average Bonchev–Trinajstić information content (AvgIpc) is 2.47. The van der Waals surface area contributed by atoms with Crippen LogP contribution in [0.4, 0.5) is 0 Å². The van der Waals surface area contributed by atoms with E-state index in [1.165, 1.54) is 0 Å². The van der Waals surface area contributed by atoms with E-state index in [2.05, 4.69) is 26.2 Å². The second-order valence-corrected chi connectivity index (χ2v) is 5.55. The van der Waals surface area contributed by atoms with Crippen LogP contribution in [0.3, 0.4) is 0 Å². The Morgan fingerprint density at radius 1 is 1.45 bits per heavy atom. The topological polar surface area (TPSA) is 62.3 Å². The summed E-state index contributed by atoms with van der Waals surface area (Å²) >= 11 is 3.30. The van der Waals surface area contributed by atoms with E-state index in [9.17, 15) is 9.59 Å². The summed E-state index contributed by atoms with van der Waals surface area (Å²) in [4.78, 5) is 30.0. The van der Waals surface area contributed by atoms with Crippen LogP contribution in [0.15, 0.2) is 22.9 Å². The Labute approximate surface area is 126 Å². The molecule has 0 bridgehead atoms. The Balaban J connectivity index is 1.96. The molecule has 1 fully saturated rings. The highest BCUT2D eigenvalue weighted by Crippen LogP contribution is 2.21. The molecule has 1 aromatic rings. The van der Waals surface area contributed by atoms with Crippen LogP contribution in [0.5, 0.6) is 0 Å². The van der Waals surface area contributed by atoms with Crippen molar-refractivity contribution in [3.8, 4) is 0 Å². The molecule has 6 heteroatoms. The first-order valence-electron chi connectivity index (χ1n) is 6.81. The molecule has 1 N–H and O–H groups in total. The molecule has 0 atom stereocenters. The number of nitrogens with one attached hydrogen (secondary N) is 1. The van der Waals surface area contributed by atoms with Crippen molar-refractivity contribution in [2.24, 2.45) is 5.92 Å². The predicted molar refractivity (Wildman–Crippen MR) is 79.2 cm³/mol. The first-order valence-corrected chi connectivity index (χ1v) is 7.60. The number of piperidine rings is 1. The van der Waals surface area contributed by atoms with Gasteiger partial charge in [-0.05, 0) is 47.8 Å². The van der Waals surface area contributed by atoms with Crippen LogP contribution in [-0.4, -0.2) is 41.3 Å². The van der Waals surface area contributed by atoms with E-state index in [-0.39, 0.29) is 17.7 Å². The Morgan fingerprint density at radius 2 is 2.15 bits per heavy atom. The van der Waals surface area contributed by atoms with Gasteiger partial charge in [-0.1, -0.05) is 0 Å². The number of carbonyl (C=O) groups is 2. The quantitative estimate of drug-likeness (QED) is 0.854. The van der Waals surface area contributed by atoms with Gasteiger partial charge in [-0.2, -0.15) is 0 Å². The van der Waals surface area contributed by atoms with Gasteiger partial charge in [0.05, 0.1) is 5.56 Å². The van der Waals surface area contributed by atoms with Crippen molar-refractivity contribution in [3.63, 3.8) is 0 Å². The van der Waals surface area contributed by atoms with Crippen molar-refractivity contribution in [3.05, 3.63) is 28.5 Å². The van der Waals surface area contributed by atoms with E-state index >= 15 is 0 Å². The van der Waals surface area contributed by atoms with Crippen LogP contribution in [0.25, 0.3) is 0 Å². The molecule has 1 aliphatic rings. The van der Waals surface area contributed by atoms with E-state index in [1.807, 2.05) is 6.92 Å². The maximum absolute atomic E-state index is 12.4. The summed E-state index contributed by atoms with van der Waals surface area (Å²) in [5, 5.41) is 2.84. The fourth-order valence-corrected chi connectivity index (χ4v) is 2.80. The van der Waals surface area contributed by atoms with Crippen molar-refractivity contribution in [1.82, 2.24) is 15.2 Å². The summed E-state index contributed by atoms with van der Waals surface area (Å²) in [5.74, 6) is 0.0952. The van der Waals surface area contributed by atoms with Crippen LogP contribution in [0.1, 0.15) is 30.1 Å². The van der Waals surface area contributed by atoms with Crippen molar-refractivity contribution in [2.75, 3.05) is 19.6 Å². The largest absolute Gasteiger partial charge is 0.356 e. The summed E-state index contributed by atoms with van der Waals surface area (Å²) in [5.41, 5.74) is 0.573. The molecular formula is C14H18BrN3O2. The summed E-state index contributed by atoms with van der Waals surface area (Å²) in [6.07, 6.45) is 3.08. The number of amides is 2. The van der Waals surface area contributed by atoms with Crippen molar-refractivity contribution >= 4 is 27.7 Å². The van der Waals surface area contributed by atoms with Gasteiger partial charge in [-0.25, -0.2) is 4.98 Å². The Bertz CT molecular complexity index is 499. The average molecular weight is 340 g/mol. The van der Waals surface area contributed by atoms with Crippen molar-refractivity contribution in [2.45, 2.75) is 19.8 Å². The predicted octanol–water partition coefficient (Wildman–Crippen LogP) is 1.83. The fourth-order valence-electron chi connectivity index (χ4n) is 2.38. The number of hydrogen-bond acceptors (Lipinski definition) is 3. The molecule has 0 spiro atoms. The molecule has 0 aliphatic carbocycles. The van der Waals surface area contributed by atoms with Crippen LogP contribution < -0.4 is 5.32 Å². The zero-order valence-electron chi connectivity index (χ0n) is 11.4. The third-order valence-electron chi connectivity index (χ3n) is 3.49. The maximum Gasteiger partial charge on any atom is 0.256 e. The van der Waals surface area contributed by atoms with Crippen molar-refractivity contribution < 1.29 is 9.59 Å². The zero-order chi connectivity index (χ0) is 14.5. The molecule has 1 aliphatic heterocycles. The molecule has 2 amide bonds. The van der Waals surface area contributed by atoms with E-state index < -0.39 is 0 Å². The Hall–Kier alpha value is -1.43. The van der Waals surface area contributed by atoms with Gasteiger partial charge in [-0.3, -0.25) is 9.59 Å². The minimum Gasteiger partial charge on any atom is -0.356 e. The summed E-state index contributed by atoms with van der Waals surface area (Å²) in [6.45, 7) is 3.79. The van der Waals surface area contributed by atoms with Crippen LogP contribution in [0.2, 0.25) is 0 Å². The minimum atomic E-state index is -0.0284. The monoisotopic (exact) mass is 339 g/mol. The third-order valence-corrected chi connectivity index (χ3v) is 4.13. The number of rotatable bonds is 3. The van der Waals surface area contributed by atoms with Gasteiger partial charge in [0.2, 0.25) is 5.91 Å². The molecule has 1 aromatic heterocycles. The zero-order valence-corrected chi connectivity index (χ0v) is 13.0. The van der Waals surface area contributed by atoms with Crippen LogP contribution in [-0.2, 0) is 4.79 Å². The number of halogens is 1. The first kappa shape index (κ1) is 15.0. The second kappa shape index (κ2) is 6.83. The minimum absolute atomic E-state index is 0.0244. The summed E-state index contributed by atoms with van der Waals surface area (Å²) in [7, 11) is 0. The third kappa shape index (κ3) is 3.36. The second-order valence-electron chi connectivity index (χ2n) is 4.80. The summed E-state index contributed by atoms with van der Waals surface area (Å²) in [6, 6.07) is 3.51. The lowest BCUT2D eigenvalue weighted by Gasteiger charge is -2.31. The molecule has 2 rings (SSSR count). The Kier molecular flexibility index (Phi) is 5.11. The molecule has 0 radical (unpaired) electrons. The molecule has 5 nitrogen and oxygen atoms in total. The SMILES string of the molecule is CCNC(=O)C1CCN(C(=O)c2cccnc2Br)CC1. The number of aromatic nitrogens is 1. The number of pyridine rings is 1. The number of nitrogens with zero attached hydrogens (tertiary/aromatic N) is 2. The van der Waals surface area contributed by atoms with Crippen LogP contribution in [0, 0.1) is 5.92 Å². The van der Waals surface area contributed by atoms with E-state index in [0.717, 1.165) is 12.8 Å². The molecule has 0 aromatic carbocycles. The molecular weight excluding hydrogens is 322 g/mol. The van der Waals surface area contributed by atoms with Gasteiger partial charge < -0.3 is 10.2 Å². The first-order chi connectivity index (χ1) is 9.63. The van der Waals surface area contributed by atoms with Gasteiger partial charge in [0.15, 0.2) is 0 Å². The van der Waals surface area contributed by atoms with Crippen LogP contribution >= 0.6 is 15.9 Å². The highest BCUT2D eigenvalue weighted by molar-refractivity contribution is 9.10. The molecule has 0 unspecified atom stereocenters. The van der Waals surface area contributed by atoms with Gasteiger partial charge in [0.25, 0.3) is 5.91 Å². The normalized spacial score (nSPS) is 16.0. The number of likely N-dealkylation sites (tertiary alicyclic amines) is 1. The smallest absolute Gasteiger partial charge is 0.256 e. The molecule has 0 saturated carbocycles. The fraction of sp³-hybridized carbons (Fsp3) is 0.500.